The smallest absolute Gasteiger partial charge is 0.310 e. The molecule has 1 N–H and O–H groups in total. The molecule has 1 fully saturated rings. The van der Waals surface area contributed by atoms with Gasteiger partial charge in [0.25, 0.3) is 0 Å². The second-order valence-corrected chi connectivity index (χ2v) is 5.79. The number of hydrogen-bond donors (Lipinski definition) is 1. The molecule has 0 radical (unpaired) electrons. The number of carbonyl (C=O) groups is 1. The van der Waals surface area contributed by atoms with Gasteiger partial charge in [-0.2, -0.15) is 0 Å². The van der Waals surface area contributed by atoms with Crippen molar-refractivity contribution in [1.29, 1.82) is 0 Å². The Balaban J connectivity index is 0.00000312. The van der Waals surface area contributed by atoms with Crippen molar-refractivity contribution in [1.82, 2.24) is 10.2 Å². The van der Waals surface area contributed by atoms with Crippen molar-refractivity contribution in [2.24, 2.45) is 10.9 Å². The number of aliphatic imine (C=N–C) groups is 1. The lowest BCUT2D eigenvalue weighted by atomic mass is 9.98. The lowest BCUT2D eigenvalue weighted by Crippen LogP contribution is -2.48. The number of methoxy groups -OCH3 is 1. The fourth-order valence-corrected chi connectivity index (χ4v) is 2.92. The van der Waals surface area contributed by atoms with Crippen LogP contribution in [0.3, 0.4) is 0 Å². The number of piperidine rings is 1. The number of ether oxygens (including phenoxy) is 2. The lowest BCUT2D eigenvalue weighted by Gasteiger charge is -2.34. The highest BCUT2D eigenvalue weighted by Crippen LogP contribution is 2.18. The first-order chi connectivity index (χ1) is 11.7. The molecule has 0 aliphatic carbocycles. The molecule has 0 saturated carbocycles. The summed E-state index contributed by atoms with van der Waals surface area (Å²) in [7, 11) is 3.43. The molecule has 2 rings (SSSR count). The van der Waals surface area contributed by atoms with Crippen molar-refractivity contribution < 1.29 is 14.3 Å². The molecule has 1 unspecified atom stereocenters. The molecule has 1 aromatic carbocycles. The zero-order valence-electron chi connectivity index (χ0n) is 15.2. The molecule has 0 aromatic heterocycles. The van der Waals surface area contributed by atoms with Gasteiger partial charge in [-0.05, 0) is 37.5 Å². The fraction of sp³-hybridized carbons (Fsp3) is 0.556. The third-order valence-corrected chi connectivity index (χ3v) is 4.14. The highest BCUT2D eigenvalue weighted by molar-refractivity contribution is 14.0. The second kappa shape index (κ2) is 11.2. The van der Waals surface area contributed by atoms with Gasteiger partial charge in [0.05, 0.1) is 19.6 Å². The van der Waals surface area contributed by atoms with Crippen LogP contribution in [0.4, 0.5) is 0 Å². The number of nitrogens with zero attached hydrogens (tertiary/aromatic N) is 2. The Morgan fingerprint density at radius 2 is 2.24 bits per heavy atom. The van der Waals surface area contributed by atoms with Crippen LogP contribution in [0.25, 0.3) is 0 Å². The molecule has 0 bridgehead atoms. The van der Waals surface area contributed by atoms with Crippen molar-refractivity contribution in [2.45, 2.75) is 26.3 Å². The first-order valence-corrected chi connectivity index (χ1v) is 8.43. The van der Waals surface area contributed by atoms with Crippen LogP contribution in [0.1, 0.15) is 25.3 Å². The number of likely N-dealkylation sites (tertiary alicyclic amines) is 1. The first kappa shape index (κ1) is 21.5. The minimum Gasteiger partial charge on any atom is -0.497 e. The van der Waals surface area contributed by atoms with Gasteiger partial charge < -0.3 is 19.7 Å². The minimum atomic E-state index is -0.106. The molecule has 1 saturated heterocycles. The number of halogens is 1. The van der Waals surface area contributed by atoms with Crippen molar-refractivity contribution in [3.05, 3.63) is 29.8 Å². The van der Waals surface area contributed by atoms with Gasteiger partial charge in [0.1, 0.15) is 5.75 Å². The highest BCUT2D eigenvalue weighted by atomic mass is 127. The maximum absolute atomic E-state index is 12.0. The van der Waals surface area contributed by atoms with E-state index in [4.69, 9.17) is 9.47 Å². The summed E-state index contributed by atoms with van der Waals surface area (Å²) in [5, 5.41) is 3.37. The fourth-order valence-electron chi connectivity index (χ4n) is 2.92. The zero-order chi connectivity index (χ0) is 17.4. The van der Waals surface area contributed by atoms with Crippen LogP contribution in [0, 0.1) is 5.92 Å². The van der Waals surface area contributed by atoms with Crippen molar-refractivity contribution in [2.75, 3.05) is 33.9 Å². The second-order valence-electron chi connectivity index (χ2n) is 5.79. The molecule has 0 amide bonds. The molecule has 1 aromatic rings. The van der Waals surface area contributed by atoms with E-state index < -0.39 is 0 Å². The molecule has 6 nitrogen and oxygen atoms in total. The van der Waals surface area contributed by atoms with Crippen molar-refractivity contribution >= 4 is 35.9 Å². The molecular weight excluding hydrogens is 433 g/mol. The van der Waals surface area contributed by atoms with E-state index in [0.717, 1.165) is 36.7 Å². The van der Waals surface area contributed by atoms with Gasteiger partial charge in [-0.25, -0.2) is 0 Å². The molecule has 7 heteroatoms. The number of guanidine groups is 1. The summed E-state index contributed by atoms with van der Waals surface area (Å²) in [5.74, 6) is 1.47. The van der Waals surface area contributed by atoms with Gasteiger partial charge >= 0.3 is 5.97 Å². The number of carbonyl (C=O) groups excluding carboxylic acids is 1. The highest BCUT2D eigenvalue weighted by Gasteiger charge is 2.28. The summed E-state index contributed by atoms with van der Waals surface area (Å²) in [6.07, 6.45) is 1.84. The van der Waals surface area contributed by atoms with Crippen LogP contribution < -0.4 is 10.1 Å². The molecule has 0 spiro atoms. The molecular formula is C18H28IN3O3. The number of esters is 1. The Bertz CT molecular complexity index is 580. The summed E-state index contributed by atoms with van der Waals surface area (Å²) in [6, 6.07) is 7.93. The Morgan fingerprint density at radius 1 is 1.44 bits per heavy atom. The minimum absolute atomic E-state index is 0. The number of benzene rings is 1. The van der Waals surface area contributed by atoms with E-state index in [-0.39, 0.29) is 35.9 Å². The van der Waals surface area contributed by atoms with E-state index >= 15 is 0 Å². The molecule has 25 heavy (non-hydrogen) atoms. The van der Waals surface area contributed by atoms with E-state index in [9.17, 15) is 4.79 Å². The van der Waals surface area contributed by atoms with Gasteiger partial charge in [-0.1, -0.05) is 12.1 Å². The van der Waals surface area contributed by atoms with Crippen LogP contribution in [-0.4, -0.2) is 50.7 Å². The quantitative estimate of drug-likeness (QED) is 0.316. The third-order valence-electron chi connectivity index (χ3n) is 4.14. The van der Waals surface area contributed by atoms with E-state index in [0.29, 0.717) is 19.7 Å². The van der Waals surface area contributed by atoms with Gasteiger partial charge in [0.2, 0.25) is 0 Å². The summed E-state index contributed by atoms with van der Waals surface area (Å²) in [4.78, 5) is 18.5. The van der Waals surface area contributed by atoms with E-state index in [2.05, 4.69) is 15.2 Å². The zero-order valence-corrected chi connectivity index (χ0v) is 17.5. The van der Waals surface area contributed by atoms with Gasteiger partial charge in [-0.15, -0.1) is 24.0 Å². The Labute approximate surface area is 167 Å². The maximum Gasteiger partial charge on any atom is 0.310 e. The summed E-state index contributed by atoms with van der Waals surface area (Å²) >= 11 is 0. The normalized spacial score (nSPS) is 17.5. The molecule has 1 heterocycles. The van der Waals surface area contributed by atoms with Crippen LogP contribution >= 0.6 is 24.0 Å². The van der Waals surface area contributed by atoms with Crippen LogP contribution in [0.15, 0.2) is 29.3 Å². The van der Waals surface area contributed by atoms with E-state index in [1.165, 1.54) is 0 Å². The van der Waals surface area contributed by atoms with E-state index in [1.54, 1.807) is 14.2 Å². The standard InChI is InChI=1S/C18H27N3O3.HI/c1-4-24-17(22)15-8-6-10-21(13-15)18(19-2)20-12-14-7-5-9-16(11-14)23-3;/h5,7,9,11,15H,4,6,8,10,12-13H2,1-3H3,(H,19,20);1H. The predicted molar refractivity (Wildman–Crippen MR) is 110 cm³/mol. The summed E-state index contributed by atoms with van der Waals surface area (Å²) < 4.78 is 10.4. The summed E-state index contributed by atoms with van der Waals surface area (Å²) in [6.45, 7) is 4.47. The largest absolute Gasteiger partial charge is 0.497 e. The molecule has 1 aliphatic heterocycles. The van der Waals surface area contributed by atoms with E-state index in [1.807, 2.05) is 31.2 Å². The predicted octanol–water partition coefficient (Wildman–Crippen LogP) is 2.66. The molecule has 140 valence electrons. The Morgan fingerprint density at radius 3 is 2.92 bits per heavy atom. The Kier molecular flexibility index (Phi) is 9.62. The number of rotatable bonds is 5. The van der Waals surface area contributed by atoms with Crippen LogP contribution in [0.2, 0.25) is 0 Å². The first-order valence-electron chi connectivity index (χ1n) is 8.43. The van der Waals surface area contributed by atoms with Gasteiger partial charge in [-0.3, -0.25) is 9.79 Å². The van der Waals surface area contributed by atoms with Crippen LogP contribution in [0.5, 0.6) is 5.75 Å². The topological polar surface area (TPSA) is 63.2 Å². The third kappa shape index (κ3) is 6.37. The average molecular weight is 461 g/mol. The molecule has 1 aliphatic rings. The van der Waals surface area contributed by atoms with Crippen LogP contribution in [-0.2, 0) is 16.1 Å². The van der Waals surface area contributed by atoms with Gasteiger partial charge in [0.15, 0.2) is 5.96 Å². The number of nitrogens with one attached hydrogen (secondary N) is 1. The molecule has 1 atom stereocenters. The van der Waals surface area contributed by atoms with Gasteiger partial charge in [0, 0.05) is 26.7 Å². The van der Waals surface area contributed by atoms with Crippen molar-refractivity contribution in [3.8, 4) is 5.75 Å². The van der Waals surface area contributed by atoms with Crippen molar-refractivity contribution in [3.63, 3.8) is 0 Å². The Hall–Kier alpha value is -1.51. The summed E-state index contributed by atoms with van der Waals surface area (Å²) in [5.41, 5.74) is 1.12. The SMILES string of the molecule is CCOC(=O)C1CCCN(C(=NC)NCc2cccc(OC)c2)C1.I. The average Bonchev–Trinajstić information content (AvgIpc) is 2.63. The maximum atomic E-state index is 12.0. The lowest BCUT2D eigenvalue weighted by molar-refractivity contribution is -0.149. The number of hydrogen-bond acceptors (Lipinski definition) is 4. The monoisotopic (exact) mass is 461 g/mol.